The maximum absolute atomic E-state index is 11.2. The predicted molar refractivity (Wildman–Crippen MR) is 61.9 cm³/mol. The van der Waals surface area contributed by atoms with Crippen molar-refractivity contribution in [2.45, 2.75) is 26.7 Å². The van der Waals surface area contributed by atoms with Crippen molar-refractivity contribution in [2.24, 2.45) is 11.0 Å². The van der Waals surface area contributed by atoms with Crippen molar-refractivity contribution in [3.8, 4) is 0 Å². The minimum Gasteiger partial charge on any atom is -0.381 e. The molecule has 0 aromatic rings. The molecule has 0 saturated heterocycles. The van der Waals surface area contributed by atoms with Crippen molar-refractivity contribution in [3.63, 3.8) is 0 Å². The van der Waals surface area contributed by atoms with Gasteiger partial charge < -0.3 is 10.1 Å². The van der Waals surface area contributed by atoms with Crippen molar-refractivity contribution in [1.29, 1.82) is 0 Å². The lowest BCUT2D eigenvalue weighted by Crippen LogP contribution is -2.26. The monoisotopic (exact) mass is 228 g/mol. The Kier molecular flexibility index (Phi) is 9.46. The van der Waals surface area contributed by atoms with Crippen LogP contribution in [0.15, 0.2) is 5.11 Å². The molecule has 6 heteroatoms. The van der Waals surface area contributed by atoms with Gasteiger partial charge >= 0.3 is 0 Å². The molecule has 0 aliphatic heterocycles. The molecule has 0 unspecified atom stereocenters. The van der Waals surface area contributed by atoms with E-state index in [2.05, 4.69) is 29.2 Å². The number of hydrogen-bond acceptors (Lipinski definition) is 3. The van der Waals surface area contributed by atoms with Crippen molar-refractivity contribution >= 4 is 5.91 Å². The van der Waals surface area contributed by atoms with Crippen LogP contribution in [0.3, 0.4) is 0 Å². The summed E-state index contributed by atoms with van der Waals surface area (Å²) in [6.45, 7) is 5.99. The largest absolute Gasteiger partial charge is 0.381 e. The minimum atomic E-state index is 0.00411. The van der Waals surface area contributed by atoms with E-state index in [1.165, 1.54) is 0 Å². The molecule has 6 nitrogen and oxygen atoms in total. The van der Waals surface area contributed by atoms with Gasteiger partial charge in [0.1, 0.15) is 0 Å². The summed E-state index contributed by atoms with van der Waals surface area (Å²) in [7, 11) is 0. The molecule has 1 amide bonds. The molecule has 0 rings (SSSR count). The van der Waals surface area contributed by atoms with Gasteiger partial charge in [-0.25, -0.2) is 0 Å². The third kappa shape index (κ3) is 10.8. The molecule has 0 aromatic carbocycles. The van der Waals surface area contributed by atoms with Gasteiger partial charge in [0.2, 0.25) is 5.91 Å². The molecular formula is C10H20N4O2. The van der Waals surface area contributed by atoms with Crippen molar-refractivity contribution in [1.82, 2.24) is 5.32 Å². The standard InChI is InChI=1S/C10H20N4O2/c1-9(2)3-5-12-10(15)4-7-16-8-6-13-14-11/h9H,3-8H2,1-2H3,(H,12,15). The van der Waals surface area contributed by atoms with Crippen LogP contribution in [0.25, 0.3) is 10.4 Å². The number of rotatable bonds is 9. The lowest BCUT2D eigenvalue weighted by atomic mass is 10.1. The maximum Gasteiger partial charge on any atom is 0.222 e. The zero-order valence-corrected chi connectivity index (χ0v) is 9.98. The van der Waals surface area contributed by atoms with Crippen LogP contribution in [0.2, 0.25) is 0 Å². The lowest BCUT2D eigenvalue weighted by Gasteiger charge is -2.07. The number of nitrogens with one attached hydrogen (secondary N) is 1. The fourth-order valence-corrected chi connectivity index (χ4v) is 1.01. The molecule has 0 spiro atoms. The van der Waals surface area contributed by atoms with E-state index in [9.17, 15) is 4.79 Å². The molecule has 0 atom stereocenters. The smallest absolute Gasteiger partial charge is 0.222 e. The molecule has 0 fully saturated rings. The van der Waals surface area contributed by atoms with Gasteiger partial charge in [0.15, 0.2) is 0 Å². The molecule has 16 heavy (non-hydrogen) atoms. The first-order valence-corrected chi connectivity index (χ1v) is 5.52. The van der Waals surface area contributed by atoms with Gasteiger partial charge in [-0.1, -0.05) is 19.0 Å². The first-order chi connectivity index (χ1) is 7.66. The normalized spacial score (nSPS) is 9.94. The fraction of sp³-hybridized carbons (Fsp3) is 0.900. The molecule has 1 N–H and O–H groups in total. The zero-order valence-electron chi connectivity index (χ0n) is 9.98. The number of carbonyl (C=O) groups excluding carboxylic acids is 1. The van der Waals surface area contributed by atoms with Gasteiger partial charge in [0.25, 0.3) is 0 Å². The number of hydrogen-bond donors (Lipinski definition) is 1. The molecule has 0 saturated carbocycles. The summed E-state index contributed by atoms with van der Waals surface area (Å²) >= 11 is 0. The Morgan fingerprint density at radius 2 is 2.25 bits per heavy atom. The Morgan fingerprint density at radius 1 is 1.50 bits per heavy atom. The summed E-state index contributed by atoms with van der Waals surface area (Å²) in [5.41, 5.74) is 7.99. The van der Waals surface area contributed by atoms with Crippen LogP contribution in [-0.2, 0) is 9.53 Å². The summed E-state index contributed by atoms with van der Waals surface area (Å²) < 4.78 is 5.11. The van der Waals surface area contributed by atoms with Crippen LogP contribution >= 0.6 is 0 Å². The van der Waals surface area contributed by atoms with Crippen LogP contribution in [-0.4, -0.2) is 32.2 Å². The third-order valence-electron chi connectivity index (χ3n) is 1.92. The van der Waals surface area contributed by atoms with Crippen molar-refractivity contribution in [3.05, 3.63) is 10.4 Å². The highest BCUT2D eigenvalue weighted by atomic mass is 16.5. The maximum atomic E-state index is 11.2. The Morgan fingerprint density at radius 3 is 2.88 bits per heavy atom. The summed E-state index contributed by atoms with van der Waals surface area (Å²) in [4.78, 5) is 13.8. The van der Waals surface area contributed by atoms with Crippen LogP contribution in [0, 0.1) is 5.92 Å². The molecule has 0 aliphatic carbocycles. The predicted octanol–water partition coefficient (Wildman–Crippen LogP) is 1.87. The van der Waals surface area contributed by atoms with E-state index in [0.717, 1.165) is 13.0 Å². The Bertz CT molecular complexity index is 237. The van der Waals surface area contributed by atoms with Gasteiger partial charge in [0.05, 0.1) is 13.2 Å². The average molecular weight is 228 g/mol. The number of carbonyl (C=O) groups is 1. The van der Waals surface area contributed by atoms with E-state index < -0.39 is 0 Å². The van der Waals surface area contributed by atoms with Gasteiger partial charge in [-0.15, -0.1) is 0 Å². The van der Waals surface area contributed by atoms with E-state index in [1.54, 1.807) is 0 Å². The number of amides is 1. The molecule has 0 aromatic heterocycles. The third-order valence-corrected chi connectivity index (χ3v) is 1.92. The highest BCUT2D eigenvalue weighted by Gasteiger charge is 2.01. The fourth-order valence-electron chi connectivity index (χ4n) is 1.01. The molecule has 0 bridgehead atoms. The highest BCUT2D eigenvalue weighted by Crippen LogP contribution is 1.96. The first kappa shape index (κ1) is 14.7. The van der Waals surface area contributed by atoms with Gasteiger partial charge in [-0.05, 0) is 17.9 Å². The second-order valence-corrected chi connectivity index (χ2v) is 3.85. The SMILES string of the molecule is CC(C)CCNC(=O)CCOCCN=[N+]=[N-]. The summed E-state index contributed by atoms with van der Waals surface area (Å²) in [6, 6.07) is 0. The molecule has 0 radical (unpaired) electrons. The number of nitrogens with zero attached hydrogens (tertiary/aromatic N) is 3. The summed E-state index contributed by atoms with van der Waals surface area (Å²) in [6.07, 6.45) is 1.35. The van der Waals surface area contributed by atoms with E-state index in [0.29, 0.717) is 32.1 Å². The second kappa shape index (κ2) is 10.3. The second-order valence-electron chi connectivity index (χ2n) is 3.85. The van der Waals surface area contributed by atoms with Crippen LogP contribution < -0.4 is 5.32 Å². The Balaban J connectivity index is 3.27. The summed E-state index contributed by atoms with van der Waals surface area (Å²) in [5, 5.41) is 6.13. The van der Waals surface area contributed by atoms with Crippen LogP contribution in [0.1, 0.15) is 26.7 Å². The lowest BCUT2D eigenvalue weighted by molar-refractivity contribution is -0.122. The zero-order chi connectivity index (χ0) is 12.2. The Hall–Kier alpha value is -1.26. The van der Waals surface area contributed by atoms with Crippen molar-refractivity contribution in [2.75, 3.05) is 26.3 Å². The molecule has 0 heterocycles. The van der Waals surface area contributed by atoms with Crippen molar-refractivity contribution < 1.29 is 9.53 Å². The topological polar surface area (TPSA) is 87.1 Å². The van der Waals surface area contributed by atoms with E-state index in [1.807, 2.05) is 0 Å². The average Bonchev–Trinajstić information content (AvgIpc) is 2.22. The quantitative estimate of drug-likeness (QED) is 0.282. The van der Waals surface area contributed by atoms with Crippen LogP contribution in [0.4, 0.5) is 0 Å². The minimum absolute atomic E-state index is 0.00411. The van der Waals surface area contributed by atoms with E-state index in [-0.39, 0.29) is 5.91 Å². The highest BCUT2D eigenvalue weighted by molar-refractivity contribution is 5.75. The number of ether oxygens (including phenoxy) is 1. The van der Waals surface area contributed by atoms with Gasteiger partial charge in [-0.2, -0.15) is 0 Å². The van der Waals surface area contributed by atoms with Crippen LogP contribution in [0.5, 0.6) is 0 Å². The number of azide groups is 1. The van der Waals surface area contributed by atoms with E-state index >= 15 is 0 Å². The van der Waals surface area contributed by atoms with E-state index in [4.69, 9.17) is 10.3 Å². The molecule has 0 aliphatic rings. The molecular weight excluding hydrogens is 208 g/mol. The van der Waals surface area contributed by atoms with Gasteiger partial charge in [-0.3, -0.25) is 4.79 Å². The molecule has 92 valence electrons. The Labute approximate surface area is 96.0 Å². The summed E-state index contributed by atoms with van der Waals surface area (Å²) in [5.74, 6) is 0.602. The van der Waals surface area contributed by atoms with Gasteiger partial charge in [0, 0.05) is 24.4 Å². The first-order valence-electron chi connectivity index (χ1n) is 5.52.